The molecule has 0 atom stereocenters. The topological polar surface area (TPSA) is 37.4 Å². The number of aryl methyl sites for hydroxylation is 1. The summed E-state index contributed by atoms with van der Waals surface area (Å²) >= 11 is -2.97. The number of benzene rings is 1. The van der Waals surface area contributed by atoms with E-state index >= 15 is 0 Å². The van der Waals surface area contributed by atoms with Gasteiger partial charge in [0.2, 0.25) is 0 Å². The molecule has 3 nitrogen and oxygen atoms in total. The first-order chi connectivity index (χ1) is 8.73. The van der Waals surface area contributed by atoms with E-state index in [9.17, 15) is 8.42 Å². The van der Waals surface area contributed by atoms with Crippen molar-refractivity contribution >= 4 is 39.8 Å². The second-order valence-electron chi connectivity index (χ2n) is 5.58. The predicted molar refractivity (Wildman–Crippen MR) is 82.1 cm³/mol. The molecular formula is C13H20ClNO2SSn. The molecule has 106 valence electrons. The Kier molecular flexibility index (Phi) is 4.55. The molecule has 0 amide bonds. The zero-order valence-electron chi connectivity index (χ0n) is 11.6. The molecule has 1 saturated heterocycles. The standard InChI is InChI=1S/C11H14NO2S.2CH3.ClH.Sn/c1-10-4-6-11(7-5-10)15(13,14)12-8-2-3-9-12;;;;/h4-6H,2-3,8-9H2,1H3;2*1H3;1H;/q;;;;+1/p-1. The molecule has 1 aliphatic rings. The van der Waals surface area contributed by atoms with Crippen LogP contribution in [0.3, 0.4) is 0 Å². The summed E-state index contributed by atoms with van der Waals surface area (Å²) in [6, 6.07) is 5.56. The summed E-state index contributed by atoms with van der Waals surface area (Å²) in [5, 5.41) is 0. The Balaban J connectivity index is 2.56. The van der Waals surface area contributed by atoms with Crippen LogP contribution in [0, 0.1) is 6.92 Å². The number of hydrogen-bond donors (Lipinski definition) is 0. The van der Waals surface area contributed by atoms with Gasteiger partial charge in [0.15, 0.2) is 0 Å². The van der Waals surface area contributed by atoms with Gasteiger partial charge in [-0.15, -0.1) is 0 Å². The van der Waals surface area contributed by atoms with Crippen LogP contribution in [0.15, 0.2) is 23.1 Å². The van der Waals surface area contributed by atoms with E-state index in [1.54, 1.807) is 10.4 Å². The Bertz CT molecular complexity index is 575. The van der Waals surface area contributed by atoms with Crippen LogP contribution in [0.5, 0.6) is 0 Å². The molecule has 1 fully saturated rings. The second-order valence-corrected chi connectivity index (χ2v) is 23.8. The minimum absolute atomic E-state index is 0.441. The molecule has 19 heavy (non-hydrogen) atoms. The summed E-state index contributed by atoms with van der Waals surface area (Å²) in [5.74, 6) is 0. The molecule has 0 unspecified atom stereocenters. The first-order valence-corrected chi connectivity index (χ1v) is 18.7. The molecule has 0 aromatic heterocycles. The fourth-order valence-electron chi connectivity index (χ4n) is 2.40. The molecule has 0 saturated carbocycles. The summed E-state index contributed by atoms with van der Waals surface area (Å²) in [6.45, 7) is 3.24. The van der Waals surface area contributed by atoms with Crippen LogP contribution in [0.2, 0.25) is 9.88 Å². The Labute approximate surface area is 123 Å². The van der Waals surface area contributed by atoms with Gasteiger partial charge in [0, 0.05) is 0 Å². The molecule has 0 spiro atoms. The third-order valence-electron chi connectivity index (χ3n) is 3.46. The molecule has 1 heterocycles. The SMILES string of the molecule is Cc1ccc(S(=O)(=O)N2CCCC2)[c]([Sn]([CH3])([CH3])[Cl])c1. The van der Waals surface area contributed by atoms with E-state index in [4.69, 9.17) is 8.92 Å². The van der Waals surface area contributed by atoms with E-state index in [0.717, 1.165) is 22.0 Å². The monoisotopic (exact) mass is 409 g/mol. The first kappa shape index (κ1) is 15.6. The van der Waals surface area contributed by atoms with Crippen molar-refractivity contribution in [3.05, 3.63) is 23.8 Å². The van der Waals surface area contributed by atoms with Crippen molar-refractivity contribution in [2.24, 2.45) is 0 Å². The Morgan fingerprint density at radius 1 is 1.21 bits per heavy atom. The fraction of sp³-hybridized carbons (Fsp3) is 0.538. The maximum absolute atomic E-state index is 12.7. The van der Waals surface area contributed by atoms with E-state index < -0.39 is 27.3 Å². The summed E-state index contributed by atoms with van der Waals surface area (Å²) < 4.78 is 27.9. The van der Waals surface area contributed by atoms with E-state index in [0.29, 0.717) is 18.0 Å². The van der Waals surface area contributed by atoms with Crippen molar-refractivity contribution in [3.8, 4) is 0 Å². The number of rotatable bonds is 3. The third kappa shape index (κ3) is 3.28. The van der Waals surface area contributed by atoms with E-state index in [1.807, 2.05) is 28.9 Å². The molecule has 0 N–H and O–H groups in total. The van der Waals surface area contributed by atoms with Gasteiger partial charge in [-0.3, -0.25) is 0 Å². The van der Waals surface area contributed by atoms with Gasteiger partial charge < -0.3 is 0 Å². The zero-order valence-corrected chi connectivity index (χ0v) is 16.0. The van der Waals surface area contributed by atoms with Gasteiger partial charge >= 0.3 is 124 Å². The van der Waals surface area contributed by atoms with Gasteiger partial charge in [-0.2, -0.15) is 0 Å². The summed E-state index contributed by atoms with van der Waals surface area (Å²) in [7, 11) is 3.21. The number of hydrogen-bond acceptors (Lipinski definition) is 2. The van der Waals surface area contributed by atoms with Gasteiger partial charge in [-0.25, -0.2) is 0 Å². The first-order valence-electron chi connectivity index (χ1n) is 6.53. The molecule has 0 aliphatic carbocycles. The molecule has 0 bridgehead atoms. The van der Waals surface area contributed by atoms with Crippen LogP contribution in [0.4, 0.5) is 0 Å². The number of nitrogens with zero attached hydrogens (tertiary/aromatic N) is 1. The van der Waals surface area contributed by atoms with Crippen LogP contribution in [-0.4, -0.2) is 43.1 Å². The average molecular weight is 409 g/mol. The summed E-state index contributed by atoms with van der Waals surface area (Å²) in [4.78, 5) is 4.51. The molecular weight excluding hydrogens is 388 g/mol. The minimum atomic E-state index is -3.37. The van der Waals surface area contributed by atoms with Crippen molar-refractivity contribution in [2.45, 2.75) is 34.5 Å². The van der Waals surface area contributed by atoms with Gasteiger partial charge in [-0.05, 0) is 0 Å². The van der Waals surface area contributed by atoms with Crippen LogP contribution >= 0.6 is 8.92 Å². The predicted octanol–water partition coefficient (Wildman–Crippen LogP) is 2.43. The molecule has 0 radical (unpaired) electrons. The van der Waals surface area contributed by atoms with Gasteiger partial charge in [0.25, 0.3) is 0 Å². The summed E-state index contributed by atoms with van der Waals surface area (Å²) in [6.07, 6.45) is 1.90. The molecule has 6 heteroatoms. The quantitative estimate of drug-likeness (QED) is 0.721. The van der Waals surface area contributed by atoms with Crippen LogP contribution in [-0.2, 0) is 10.0 Å². The molecule has 1 aliphatic heterocycles. The molecule has 1 aromatic rings. The van der Waals surface area contributed by atoms with Crippen molar-refractivity contribution < 1.29 is 8.42 Å². The van der Waals surface area contributed by atoms with Crippen molar-refractivity contribution in [3.63, 3.8) is 0 Å². The van der Waals surface area contributed by atoms with Crippen LogP contribution in [0.25, 0.3) is 0 Å². The average Bonchev–Trinajstić information content (AvgIpc) is 2.81. The van der Waals surface area contributed by atoms with E-state index in [-0.39, 0.29) is 0 Å². The fourth-order valence-corrected chi connectivity index (χ4v) is 11.8. The number of sulfonamides is 1. The molecule has 1 aromatic carbocycles. The van der Waals surface area contributed by atoms with Crippen LogP contribution in [0.1, 0.15) is 18.4 Å². The molecule has 2 rings (SSSR count). The second kappa shape index (κ2) is 5.54. The third-order valence-corrected chi connectivity index (χ3v) is 12.1. The van der Waals surface area contributed by atoms with Gasteiger partial charge in [0.1, 0.15) is 0 Å². The Hall–Kier alpha value is 0.219. The Morgan fingerprint density at radius 2 is 1.79 bits per heavy atom. The van der Waals surface area contributed by atoms with E-state index in [1.165, 1.54) is 0 Å². The Morgan fingerprint density at radius 3 is 2.32 bits per heavy atom. The van der Waals surface area contributed by atoms with Gasteiger partial charge in [0.05, 0.1) is 0 Å². The van der Waals surface area contributed by atoms with E-state index in [2.05, 4.69) is 0 Å². The van der Waals surface area contributed by atoms with Crippen LogP contribution < -0.4 is 3.58 Å². The number of halogens is 1. The van der Waals surface area contributed by atoms with Crippen molar-refractivity contribution in [1.82, 2.24) is 4.31 Å². The van der Waals surface area contributed by atoms with Crippen molar-refractivity contribution in [1.29, 1.82) is 0 Å². The summed E-state index contributed by atoms with van der Waals surface area (Å²) in [5.41, 5.74) is 1.07. The zero-order chi connectivity index (χ0) is 14.3. The normalized spacial score (nSPS) is 17.9. The maximum atomic E-state index is 12.7. The van der Waals surface area contributed by atoms with Crippen molar-refractivity contribution in [2.75, 3.05) is 13.1 Å². The van der Waals surface area contributed by atoms with Gasteiger partial charge in [-0.1, -0.05) is 0 Å².